The Hall–Kier alpha value is -2.28. The second kappa shape index (κ2) is 5.62. The van der Waals surface area contributed by atoms with Gasteiger partial charge in [-0.05, 0) is 42.0 Å². The van der Waals surface area contributed by atoms with Crippen molar-refractivity contribution in [1.82, 2.24) is 9.78 Å². The number of benzene rings is 2. The molecule has 7 heteroatoms. The van der Waals surface area contributed by atoms with Gasteiger partial charge in [0.05, 0.1) is 11.4 Å². The molecule has 0 atom stereocenters. The molecule has 0 saturated heterocycles. The molecule has 1 aromatic heterocycles. The van der Waals surface area contributed by atoms with Crippen LogP contribution >= 0.6 is 15.9 Å². The average molecular weight is 409 g/mol. The molecule has 1 aliphatic rings. The van der Waals surface area contributed by atoms with Crippen molar-refractivity contribution in [3.8, 4) is 28.3 Å². The molecule has 0 radical (unpaired) electrons. The monoisotopic (exact) mass is 408 g/mol. The summed E-state index contributed by atoms with van der Waals surface area (Å²) in [7, 11) is 1.88. The fraction of sp³-hybridized carbons (Fsp3) is 0.167. The van der Waals surface area contributed by atoms with Crippen LogP contribution in [-0.2, 0) is 13.5 Å². The van der Waals surface area contributed by atoms with E-state index in [4.69, 9.17) is 0 Å². The van der Waals surface area contributed by atoms with Crippen LogP contribution in [0, 0.1) is 0 Å². The summed E-state index contributed by atoms with van der Waals surface area (Å²) in [5.41, 5.74) is 6.02. The number of halogens is 4. The zero-order valence-electron chi connectivity index (χ0n) is 13.1. The fourth-order valence-electron chi connectivity index (χ4n) is 3.25. The molecule has 3 aromatic rings. The van der Waals surface area contributed by atoms with E-state index in [1.54, 1.807) is 12.1 Å². The lowest BCUT2D eigenvalue weighted by Gasteiger charge is -2.09. The summed E-state index contributed by atoms with van der Waals surface area (Å²) < 4.78 is 43.6. The number of alkyl halides is 3. The van der Waals surface area contributed by atoms with Gasteiger partial charge in [-0.3, -0.25) is 4.68 Å². The van der Waals surface area contributed by atoms with E-state index in [1.165, 1.54) is 17.7 Å². The van der Waals surface area contributed by atoms with Gasteiger partial charge in [0.25, 0.3) is 0 Å². The Labute approximate surface area is 150 Å². The Morgan fingerprint density at radius 2 is 1.84 bits per heavy atom. The van der Waals surface area contributed by atoms with Crippen LogP contribution < -0.4 is 4.74 Å². The highest BCUT2D eigenvalue weighted by Gasteiger charge is 2.31. The van der Waals surface area contributed by atoms with Crippen molar-refractivity contribution in [2.24, 2.45) is 7.05 Å². The molecule has 128 valence electrons. The van der Waals surface area contributed by atoms with E-state index < -0.39 is 6.36 Å². The van der Waals surface area contributed by atoms with Crippen LogP contribution in [-0.4, -0.2) is 16.1 Å². The van der Waals surface area contributed by atoms with Gasteiger partial charge in [0.15, 0.2) is 0 Å². The molecule has 2 aromatic carbocycles. The first-order valence-corrected chi connectivity index (χ1v) is 8.32. The maximum absolute atomic E-state index is 12.3. The average Bonchev–Trinajstić information content (AvgIpc) is 3.04. The van der Waals surface area contributed by atoms with Gasteiger partial charge in [-0.1, -0.05) is 22.0 Å². The van der Waals surface area contributed by atoms with E-state index in [0.29, 0.717) is 0 Å². The number of hydrogen-bond acceptors (Lipinski definition) is 2. The first-order chi connectivity index (χ1) is 11.8. The zero-order valence-corrected chi connectivity index (χ0v) is 14.6. The first kappa shape index (κ1) is 16.2. The highest BCUT2D eigenvalue weighted by atomic mass is 79.9. The van der Waals surface area contributed by atoms with Gasteiger partial charge in [0, 0.05) is 34.6 Å². The highest BCUT2D eigenvalue weighted by molar-refractivity contribution is 9.10. The third-order valence-corrected chi connectivity index (χ3v) is 4.69. The molecule has 0 bridgehead atoms. The minimum atomic E-state index is -4.69. The molecular weight excluding hydrogens is 397 g/mol. The standard InChI is InChI=1S/C18H12BrF3N2O/c1-24-17-14-7-4-12(19)8-11(14)9-15(17)16(23-24)10-2-5-13(6-3-10)25-18(20,21)22/h2-8H,9H2,1H3. The molecule has 0 unspecified atom stereocenters. The number of fused-ring (bicyclic) bond motifs is 3. The number of hydrogen-bond donors (Lipinski definition) is 0. The number of aromatic nitrogens is 2. The van der Waals surface area contributed by atoms with Gasteiger partial charge < -0.3 is 4.74 Å². The number of rotatable bonds is 2. The van der Waals surface area contributed by atoms with E-state index in [0.717, 1.165) is 39.0 Å². The smallest absolute Gasteiger partial charge is 0.406 e. The molecule has 0 aliphatic heterocycles. The van der Waals surface area contributed by atoms with Gasteiger partial charge in [-0.15, -0.1) is 13.2 Å². The van der Waals surface area contributed by atoms with Crippen molar-refractivity contribution >= 4 is 15.9 Å². The van der Waals surface area contributed by atoms with E-state index in [1.807, 2.05) is 17.8 Å². The minimum absolute atomic E-state index is 0.240. The van der Waals surface area contributed by atoms with Gasteiger partial charge in [-0.2, -0.15) is 5.10 Å². The van der Waals surface area contributed by atoms with Crippen molar-refractivity contribution < 1.29 is 17.9 Å². The van der Waals surface area contributed by atoms with Crippen LogP contribution in [0.5, 0.6) is 5.75 Å². The third-order valence-electron chi connectivity index (χ3n) is 4.20. The van der Waals surface area contributed by atoms with Crippen molar-refractivity contribution in [3.63, 3.8) is 0 Å². The van der Waals surface area contributed by atoms with Crippen molar-refractivity contribution in [3.05, 3.63) is 58.1 Å². The first-order valence-electron chi connectivity index (χ1n) is 7.53. The number of nitrogens with zero attached hydrogens (tertiary/aromatic N) is 2. The Balaban J connectivity index is 1.72. The topological polar surface area (TPSA) is 27.1 Å². The quantitative estimate of drug-likeness (QED) is 0.448. The summed E-state index contributed by atoms with van der Waals surface area (Å²) in [6.07, 6.45) is -3.95. The lowest BCUT2D eigenvalue weighted by molar-refractivity contribution is -0.274. The molecule has 0 amide bonds. The maximum Gasteiger partial charge on any atom is 0.573 e. The molecule has 1 heterocycles. The lowest BCUT2D eigenvalue weighted by atomic mass is 10.1. The zero-order chi connectivity index (χ0) is 17.8. The van der Waals surface area contributed by atoms with Crippen LogP contribution in [0.15, 0.2) is 46.9 Å². The predicted octanol–water partition coefficient (Wildman–Crippen LogP) is 5.32. The van der Waals surface area contributed by atoms with Crippen LogP contribution in [0.25, 0.3) is 22.5 Å². The fourth-order valence-corrected chi connectivity index (χ4v) is 3.66. The summed E-state index contributed by atoms with van der Waals surface area (Å²) in [5.74, 6) is -0.240. The summed E-state index contributed by atoms with van der Waals surface area (Å²) in [5, 5.41) is 4.57. The molecular formula is C18H12BrF3N2O. The largest absolute Gasteiger partial charge is 0.573 e. The van der Waals surface area contributed by atoms with Crippen LogP contribution in [0.3, 0.4) is 0 Å². The Kier molecular flexibility index (Phi) is 3.64. The summed E-state index contributed by atoms with van der Waals surface area (Å²) in [6, 6.07) is 11.9. The van der Waals surface area contributed by atoms with Crippen molar-refractivity contribution in [2.45, 2.75) is 12.8 Å². The molecule has 0 fully saturated rings. The van der Waals surface area contributed by atoms with Gasteiger partial charge in [0.2, 0.25) is 0 Å². The molecule has 0 spiro atoms. The summed E-state index contributed by atoms with van der Waals surface area (Å²) >= 11 is 3.48. The predicted molar refractivity (Wildman–Crippen MR) is 91.3 cm³/mol. The summed E-state index contributed by atoms with van der Waals surface area (Å²) in [4.78, 5) is 0. The molecule has 25 heavy (non-hydrogen) atoms. The Morgan fingerprint density at radius 3 is 2.52 bits per heavy atom. The molecule has 1 aliphatic carbocycles. The second-order valence-electron chi connectivity index (χ2n) is 5.85. The highest BCUT2D eigenvalue weighted by Crippen LogP contribution is 2.42. The Morgan fingerprint density at radius 1 is 1.12 bits per heavy atom. The Bertz CT molecular complexity index is 962. The van der Waals surface area contributed by atoms with Gasteiger partial charge >= 0.3 is 6.36 Å². The molecule has 0 saturated carbocycles. The molecule has 4 rings (SSSR count). The van der Waals surface area contributed by atoms with Gasteiger partial charge in [0.1, 0.15) is 5.75 Å². The third kappa shape index (κ3) is 2.93. The van der Waals surface area contributed by atoms with Crippen LogP contribution in [0.1, 0.15) is 11.1 Å². The lowest BCUT2D eigenvalue weighted by Crippen LogP contribution is -2.16. The van der Waals surface area contributed by atoms with E-state index in [2.05, 4.69) is 37.9 Å². The summed E-state index contributed by atoms with van der Waals surface area (Å²) in [6.45, 7) is 0. The SMILES string of the molecule is Cn1nc(-c2ccc(OC(F)(F)F)cc2)c2c1-c1ccc(Br)cc1C2. The van der Waals surface area contributed by atoms with Crippen LogP contribution in [0.4, 0.5) is 13.2 Å². The van der Waals surface area contributed by atoms with E-state index in [9.17, 15) is 13.2 Å². The van der Waals surface area contributed by atoms with E-state index >= 15 is 0 Å². The molecule has 0 N–H and O–H groups in total. The van der Waals surface area contributed by atoms with Crippen molar-refractivity contribution in [2.75, 3.05) is 0 Å². The van der Waals surface area contributed by atoms with E-state index in [-0.39, 0.29) is 5.75 Å². The normalized spacial score (nSPS) is 12.8. The number of aryl methyl sites for hydroxylation is 1. The molecule has 3 nitrogen and oxygen atoms in total. The minimum Gasteiger partial charge on any atom is -0.406 e. The van der Waals surface area contributed by atoms with Crippen molar-refractivity contribution in [1.29, 1.82) is 0 Å². The number of ether oxygens (including phenoxy) is 1. The van der Waals surface area contributed by atoms with Gasteiger partial charge in [-0.25, -0.2) is 0 Å². The maximum atomic E-state index is 12.3. The second-order valence-corrected chi connectivity index (χ2v) is 6.77. The van der Waals surface area contributed by atoms with Crippen LogP contribution in [0.2, 0.25) is 0 Å².